The summed E-state index contributed by atoms with van der Waals surface area (Å²) in [5.41, 5.74) is 16.6. The van der Waals surface area contributed by atoms with E-state index in [4.69, 9.17) is 0 Å². The first-order valence-electron chi connectivity index (χ1n) is 18.8. The second kappa shape index (κ2) is 13.4. The Hall–Kier alpha value is -6.64. The molecule has 0 saturated heterocycles. The summed E-state index contributed by atoms with van der Waals surface area (Å²) < 4.78 is 2.37. The third-order valence-corrected chi connectivity index (χ3v) is 11.1. The minimum Gasteiger partial charge on any atom is -0.310 e. The topological polar surface area (TPSA) is 8.17 Å². The predicted molar refractivity (Wildman–Crippen MR) is 231 cm³/mol. The Balaban J connectivity index is 1.16. The Morgan fingerprint density at radius 2 is 1.15 bits per heavy atom. The molecule has 0 aliphatic heterocycles. The van der Waals surface area contributed by atoms with Crippen LogP contribution in [-0.4, -0.2) is 4.57 Å². The Bertz CT molecular complexity index is 2740. The lowest BCUT2D eigenvalue weighted by Gasteiger charge is -2.29. The standard InChI is InChI=1S/C52H42N2/c1-5-16-44-45-31-30-43(35-49(45)52(3,4)48(44)6-2)53(42-22-15-19-38(33-42)36-17-9-7-10-18-36)41-28-25-37(26-29-41)39-27-32-51-47(34-39)46-23-13-14-24-50(46)54(51)40-20-11-8-12-21-40/h5-35H,2H2,1,3-4H3/b16-5-. The summed E-state index contributed by atoms with van der Waals surface area (Å²) in [5, 5.41) is 2.51. The molecule has 0 unspecified atom stereocenters. The summed E-state index contributed by atoms with van der Waals surface area (Å²) >= 11 is 0. The largest absolute Gasteiger partial charge is 0.310 e. The molecular formula is C52H42N2. The summed E-state index contributed by atoms with van der Waals surface area (Å²) in [6.07, 6.45) is 6.38. The number of para-hydroxylation sites is 2. The van der Waals surface area contributed by atoms with Gasteiger partial charge in [0.15, 0.2) is 0 Å². The van der Waals surface area contributed by atoms with Crippen LogP contribution in [0.5, 0.6) is 0 Å². The number of aromatic nitrogens is 1. The molecule has 0 spiro atoms. The normalized spacial score (nSPS) is 13.5. The van der Waals surface area contributed by atoms with Gasteiger partial charge in [-0.2, -0.15) is 0 Å². The van der Waals surface area contributed by atoms with Crippen molar-refractivity contribution in [3.8, 4) is 27.9 Å². The van der Waals surface area contributed by atoms with Gasteiger partial charge < -0.3 is 9.47 Å². The fourth-order valence-electron chi connectivity index (χ4n) is 8.47. The van der Waals surface area contributed by atoms with Crippen LogP contribution in [-0.2, 0) is 5.41 Å². The average molecular weight is 695 g/mol. The maximum Gasteiger partial charge on any atom is 0.0541 e. The number of allylic oxidation sites excluding steroid dienone is 5. The van der Waals surface area contributed by atoms with Gasteiger partial charge in [-0.25, -0.2) is 0 Å². The van der Waals surface area contributed by atoms with E-state index in [1.54, 1.807) is 0 Å². The number of hydrogen-bond acceptors (Lipinski definition) is 1. The quantitative estimate of drug-likeness (QED) is 0.154. The molecule has 0 fully saturated rings. The molecule has 260 valence electrons. The molecule has 0 N–H and O–H groups in total. The molecule has 8 aromatic rings. The van der Waals surface area contributed by atoms with Gasteiger partial charge in [-0.05, 0) is 118 Å². The van der Waals surface area contributed by atoms with E-state index in [-0.39, 0.29) is 5.41 Å². The Labute approximate surface area is 318 Å². The fraction of sp³-hybridized carbons (Fsp3) is 0.0769. The highest BCUT2D eigenvalue weighted by atomic mass is 15.1. The second-order valence-corrected chi connectivity index (χ2v) is 14.6. The van der Waals surface area contributed by atoms with Crippen molar-refractivity contribution in [1.82, 2.24) is 4.57 Å². The van der Waals surface area contributed by atoms with E-state index < -0.39 is 0 Å². The zero-order valence-electron chi connectivity index (χ0n) is 31.0. The lowest BCUT2D eigenvalue weighted by atomic mass is 9.81. The molecule has 1 aliphatic rings. The molecule has 1 aromatic heterocycles. The minimum atomic E-state index is -0.175. The van der Waals surface area contributed by atoms with Crippen molar-refractivity contribution in [2.45, 2.75) is 26.2 Å². The first-order chi connectivity index (χ1) is 26.5. The van der Waals surface area contributed by atoms with Crippen molar-refractivity contribution >= 4 is 44.4 Å². The lowest BCUT2D eigenvalue weighted by molar-refractivity contribution is 0.654. The molecule has 54 heavy (non-hydrogen) atoms. The highest BCUT2D eigenvalue weighted by molar-refractivity contribution is 6.10. The van der Waals surface area contributed by atoms with Crippen molar-refractivity contribution in [1.29, 1.82) is 0 Å². The number of fused-ring (bicyclic) bond motifs is 4. The molecule has 0 radical (unpaired) electrons. The molecular weight excluding hydrogens is 653 g/mol. The van der Waals surface area contributed by atoms with Crippen LogP contribution in [0.15, 0.2) is 200 Å². The third-order valence-electron chi connectivity index (χ3n) is 11.1. The van der Waals surface area contributed by atoms with Crippen LogP contribution in [0.2, 0.25) is 0 Å². The molecule has 9 rings (SSSR count). The van der Waals surface area contributed by atoms with Gasteiger partial charge in [0.1, 0.15) is 0 Å². The van der Waals surface area contributed by atoms with Gasteiger partial charge in [0.2, 0.25) is 0 Å². The maximum atomic E-state index is 4.22. The molecule has 2 nitrogen and oxygen atoms in total. The van der Waals surface area contributed by atoms with Crippen LogP contribution >= 0.6 is 0 Å². The van der Waals surface area contributed by atoms with Gasteiger partial charge in [0.25, 0.3) is 0 Å². The van der Waals surface area contributed by atoms with Crippen molar-refractivity contribution < 1.29 is 0 Å². The van der Waals surface area contributed by atoms with Crippen molar-refractivity contribution in [3.05, 3.63) is 211 Å². The summed E-state index contributed by atoms with van der Waals surface area (Å²) in [4.78, 5) is 2.39. The van der Waals surface area contributed by atoms with Crippen LogP contribution in [0.3, 0.4) is 0 Å². The van der Waals surface area contributed by atoms with E-state index >= 15 is 0 Å². The first-order valence-corrected chi connectivity index (χ1v) is 18.8. The summed E-state index contributed by atoms with van der Waals surface area (Å²) in [6.45, 7) is 10.9. The van der Waals surface area contributed by atoms with Gasteiger partial charge in [-0.15, -0.1) is 0 Å². The van der Waals surface area contributed by atoms with Crippen LogP contribution in [0.25, 0.3) is 55.3 Å². The van der Waals surface area contributed by atoms with Crippen LogP contribution in [0.4, 0.5) is 17.1 Å². The highest BCUT2D eigenvalue weighted by Crippen LogP contribution is 2.50. The molecule has 7 aromatic carbocycles. The fourth-order valence-corrected chi connectivity index (χ4v) is 8.47. The monoisotopic (exact) mass is 694 g/mol. The number of anilines is 3. The van der Waals surface area contributed by atoms with Gasteiger partial charge in [-0.1, -0.05) is 142 Å². The molecule has 1 heterocycles. The molecule has 1 aliphatic carbocycles. The third kappa shape index (κ3) is 5.50. The number of nitrogens with zero attached hydrogens (tertiary/aromatic N) is 2. The minimum absolute atomic E-state index is 0.175. The van der Waals surface area contributed by atoms with Gasteiger partial charge >= 0.3 is 0 Å². The van der Waals surface area contributed by atoms with Crippen LogP contribution in [0.1, 0.15) is 31.9 Å². The Kier molecular flexibility index (Phi) is 8.24. The van der Waals surface area contributed by atoms with E-state index in [2.05, 4.69) is 219 Å². The number of benzene rings is 7. The molecule has 0 bridgehead atoms. The first kappa shape index (κ1) is 33.2. The van der Waals surface area contributed by atoms with Gasteiger partial charge in [-0.3, -0.25) is 0 Å². The van der Waals surface area contributed by atoms with Crippen molar-refractivity contribution in [2.75, 3.05) is 4.90 Å². The van der Waals surface area contributed by atoms with Crippen molar-refractivity contribution in [2.24, 2.45) is 0 Å². The van der Waals surface area contributed by atoms with E-state index in [0.29, 0.717) is 0 Å². The van der Waals surface area contributed by atoms with Crippen LogP contribution in [0, 0.1) is 0 Å². The second-order valence-electron chi connectivity index (χ2n) is 14.6. The van der Waals surface area contributed by atoms with Crippen molar-refractivity contribution in [3.63, 3.8) is 0 Å². The van der Waals surface area contributed by atoms with E-state index in [1.165, 1.54) is 72.0 Å². The van der Waals surface area contributed by atoms with Gasteiger partial charge in [0, 0.05) is 38.9 Å². The molecule has 2 heteroatoms. The highest BCUT2D eigenvalue weighted by Gasteiger charge is 2.36. The summed E-state index contributed by atoms with van der Waals surface area (Å²) in [5.74, 6) is 0. The lowest BCUT2D eigenvalue weighted by Crippen LogP contribution is -2.17. The zero-order valence-corrected chi connectivity index (χ0v) is 31.0. The van der Waals surface area contributed by atoms with Gasteiger partial charge in [0.05, 0.1) is 11.0 Å². The molecule has 0 amide bonds. The Morgan fingerprint density at radius 3 is 1.91 bits per heavy atom. The van der Waals surface area contributed by atoms with Crippen LogP contribution < -0.4 is 4.90 Å². The Morgan fingerprint density at radius 1 is 0.537 bits per heavy atom. The maximum absolute atomic E-state index is 4.22. The smallest absolute Gasteiger partial charge is 0.0541 e. The van der Waals surface area contributed by atoms with E-state index in [1.807, 2.05) is 6.08 Å². The average Bonchev–Trinajstić information content (AvgIpc) is 3.66. The summed E-state index contributed by atoms with van der Waals surface area (Å²) in [7, 11) is 0. The van der Waals surface area contributed by atoms with E-state index in [0.717, 1.165) is 17.1 Å². The number of hydrogen-bond donors (Lipinski definition) is 0. The predicted octanol–water partition coefficient (Wildman–Crippen LogP) is 14.4. The summed E-state index contributed by atoms with van der Waals surface area (Å²) in [6, 6.07) is 61.7. The SMILES string of the molecule is C=CC1=C(/C=C\C)c2ccc(N(c3ccc(-c4ccc5c(c4)c4ccccc4n5-c4ccccc4)cc3)c3cccc(-c4ccccc4)c3)cc2C1(C)C. The molecule has 0 saturated carbocycles. The van der Waals surface area contributed by atoms with E-state index in [9.17, 15) is 0 Å². The molecule has 0 atom stereocenters. The number of rotatable bonds is 8. The zero-order chi connectivity index (χ0) is 36.8.